The molecule has 1 heterocycles. The molecule has 0 aliphatic carbocycles. The van der Waals surface area contributed by atoms with Crippen LogP contribution in [0.2, 0.25) is 0 Å². The second-order valence-electron chi connectivity index (χ2n) is 7.47. The first-order valence-corrected chi connectivity index (χ1v) is 10.4. The third kappa shape index (κ3) is 6.50. The number of hydrogen-bond acceptors (Lipinski definition) is 7. The van der Waals surface area contributed by atoms with E-state index < -0.39 is 36.4 Å². The lowest BCUT2D eigenvalue weighted by Crippen LogP contribution is -2.48. The van der Waals surface area contributed by atoms with Crippen molar-refractivity contribution in [2.45, 2.75) is 37.9 Å². The fourth-order valence-electron chi connectivity index (χ4n) is 3.45. The molecule has 0 saturated carbocycles. The van der Waals surface area contributed by atoms with Crippen LogP contribution in [-0.2, 0) is 46.5 Å². The first-order valence-electron chi connectivity index (χ1n) is 10.4. The van der Waals surface area contributed by atoms with E-state index in [1.54, 1.807) is 6.08 Å². The molecule has 0 amide bonds. The molecule has 170 valence electrons. The number of benzene rings is 2. The number of rotatable bonds is 11. The van der Waals surface area contributed by atoms with Gasteiger partial charge in [-0.15, -0.1) is 6.58 Å². The zero-order valence-corrected chi connectivity index (χ0v) is 18.1. The molecule has 7 nitrogen and oxygen atoms in total. The van der Waals surface area contributed by atoms with Crippen LogP contribution in [0, 0.1) is 0 Å². The van der Waals surface area contributed by atoms with Crippen LogP contribution in [-0.4, -0.2) is 49.6 Å². The van der Waals surface area contributed by atoms with Gasteiger partial charge in [0.15, 0.2) is 12.7 Å². The van der Waals surface area contributed by atoms with Crippen LogP contribution in [0.1, 0.15) is 18.1 Å². The van der Waals surface area contributed by atoms with Crippen molar-refractivity contribution >= 4 is 11.9 Å². The molecule has 1 aliphatic rings. The summed E-state index contributed by atoms with van der Waals surface area (Å²) in [5, 5.41) is 0. The number of carbonyl (C=O) groups excluding carboxylic acids is 2. The van der Waals surface area contributed by atoms with E-state index in [9.17, 15) is 9.59 Å². The van der Waals surface area contributed by atoms with Crippen LogP contribution < -0.4 is 0 Å². The Labute approximate surface area is 187 Å². The van der Waals surface area contributed by atoms with Crippen molar-refractivity contribution in [3.63, 3.8) is 0 Å². The van der Waals surface area contributed by atoms with E-state index in [0.717, 1.165) is 11.1 Å². The van der Waals surface area contributed by atoms with Gasteiger partial charge in [0, 0.05) is 6.92 Å². The summed E-state index contributed by atoms with van der Waals surface area (Å²) in [6.45, 7) is 5.64. The Bertz CT molecular complexity index is 884. The van der Waals surface area contributed by atoms with Gasteiger partial charge in [0.25, 0.3) is 0 Å². The lowest BCUT2D eigenvalue weighted by molar-refractivity contribution is -0.167. The maximum Gasteiger partial charge on any atom is 0.344 e. The molecule has 3 rings (SSSR count). The lowest BCUT2D eigenvalue weighted by Gasteiger charge is -2.32. The average molecular weight is 440 g/mol. The van der Waals surface area contributed by atoms with Crippen LogP contribution in [0.15, 0.2) is 73.3 Å². The Hall–Kier alpha value is -3.00. The summed E-state index contributed by atoms with van der Waals surface area (Å²) in [4.78, 5) is 23.1. The van der Waals surface area contributed by atoms with Gasteiger partial charge in [0.1, 0.15) is 11.7 Å². The summed E-state index contributed by atoms with van der Waals surface area (Å²) in [6.07, 6.45) is 0.269. The first kappa shape index (κ1) is 23.7. The molecule has 32 heavy (non-hydrogen) atoms. The summed E-state index contributed by atoms with van der Waals surface area (Å²) in [7, 11) is 0. The van der Waals surface area contributed by atoms with Crippen molar-refractivity contribution in [2.75, 3.05) is 19.8 Å². The Morgan fingerprint density at radius 3 is 2.28 bits per heavy atom. The Morgan fingerprint density at radius 1 is 1.06 bits per heavy atom. The maximum absolute atomic E-state index is 12.2. The molecule has 3 atom stereocenters. The third-order valence-corrected chi connectivity index (χ3v) is 5.07. The molecule has 0 spiro atoms. The van der Waals surface area contributed by atoms with Gasteiger partial charge in [0.2, 0.25) is 0 Å². The van der Waals surface area contributed by atoms with Gasteiger partial charge in [0.05, 0.1) is 26.4 Å². The molecule has 0 radical (unpaired) electrons. The van der Waals surface area contributed by atoms with Gasteiger partial charge >= 0.3 is 11.9 Å². The van der Waals surface area contributed by atoms with Gasteiger partial charge in [-0.25, -0.2) is 4.79 Å². The van der Waals surface area contributed by atoms with E-state index >= 15 is 0 Å². The summed E-state index contributed by atoms with van der Waals surface area (Å²) in [5.41, 5.74) is 0.985. The second kappa shape index (κ2) is 11.6. The smallest absolute Gasteiger partial charge is 0.344 e. The van der Waals surface area contributed by atoms with Crippen LogP contribution in [0.4, 0.5) is 0 Å². The molecule has 1 aliphatic heterocycles. The molecular weight excluding hydrogens is 412 g/mol. The fraction of sp³-hybridized carbons (Fsp3) is 0.360. The zero-order chi connectivity index (χ0) is 22.8. The SMILES string of the molecule is C=C[C@]1(COCc2ccccc2)OC[C@@H](OC(=O)COC(C)=O)[C@@H]1OCc1ccccc1. The van der Waals surface area contributed by atoms with Gasteiger partial charge in [-0.2, -0.15) is 0 Å². The van der Waals surface area contributed by atoms with E-state index in [-0.39, 0.29) is 13.2 Å². The van der Waals surface area contributed by atoms with Gasteiger partial charge in [-0.3, -0.25) is 4.79 Å². The number of ether oxygens (including phenoxy) is 5. The van der Waals surface area contributed by atoms with Crippen molar-refractivity contribution in [1.82, 2.24) is 0 Å². The molecule has 2 aromatic carbocycles. The summed E-state index contributed by atoms with van der Waals surface area (Å²) >= 11 is 0. The van der Waals surface area contributed by atoms with Gasteiger partial charge in [-0.1, -0.05) is 66.7 Å². The predicted octanol–water partition coefficient (Wildman–Crippen LogP) is 3.22. The van der Waals surface area contributed by atoms with E-state index in [2.05, 4.69) is 6.58 Å². The average Bonchev–Trinajstić information content (AvgIpc) is 3.15. The Morgan fingerprint density at radius 2 is 1.69 bits per heavy atom. The van der Waals surface area contributed by atoms with E-state index in [0.29, 0.717) is 13.2 Å². The zero-order valence-electron chi connectivity index (χ0n) is 18.1. The number of carbonyl (C=O) groups is 2. The Balaban J connectivity index is 1.69. The molecule has 7 heteroatoms. The largest absolute Gasteiger partial charge is 0.454 e. The van der Waals surface area contributed by atoms with E-state index in [4.69, 9.17) is 23.7 Å². The van der Waals surface area contributed by atoms with E-state index in [1.807, 2.05) is 60.7 Å². The van der Waals surface area contributed by atoms with Gasteiger partial charge in [-0.05, 0) is 11.1 Å². The van der Waals surface area contributed by atoms with Crippen molar-refractivity contribution in [1.29, 1.82) is 0 Å². The van der Waals surface area contributed by atoms with Crippen molar-refractivity contribution < 1.29 is 33.3 Å². The van der Waals surface area contributed by atoms with E-state index in [1.165, 1.54) is 6.92 Å². The minimum atomic E-state index is -1.00. The third-order valence-electron chi connectivity index (χ3n) is 5.07. The highest BCUT2D eigenvalue weighted by Gasteiger charge is 2.51. The minimum absolute atomic E-state index is 0.103. The monoisotopic (exact) mass is 440 g/mol. The van der Waals surface area contributed by atoms with Gasteiger partial charge < -0.3 is 23.7 Å². The molecule has 1 saturated heterocycles. The highest BCUT2D eigenvalue weighted by molar-refractivity contribution is 5.75. The summed E-state index contributed by atoms with van der Waals surface area (Å²) in [5.74, 6) is -1.23. The molecule has 1 fully saturated rings. The molecule has 0 aromatic heterocycles. The van der Waals surface area contributed by atoms with Crippen molar-refractivity contribution in [3.05, 3.63) is 84.4 Å². The Kier molecular flexibility index (Phi) is 8.56. The minimum Gasteiger partial charge on any atom is -0.454 e. The quantitative estimate of drug-likeness (QED) is 0.392. The van der Waals surface area contributed by atoms with Crippen LogP contribution in [0.25, 0.3) is 0 Å². The molecule has 2 aromatic rings. The lowest BCUT2D eigenvalue weighted by atomic mass is 9.96. The maximum atomic E-state index is 12.2. The predicted molar refractivity (Wildman–Crippen MR) is 117 cm³/mol. The number of esters is 2. The molecule has 0 bridgehead atoms. The fourth-order valence-corrected chi connectivity index (χ4v) is 3.45. The van der Waals surface area contributed by atoms with Crippen LogP contribution >= 0.6 is 0 Å². The number of hydrogen-bond donors (Lipinski definition) is 0. The summed E-state index contributed by atoms with van der Waals surface area (Å²) in [6, 6.07) is 19.4. The molecule has 0 unspecified atom stereocenters. The van der Waals surface area contributed by atoms with Crippen molar-refractivity contribution in [3.8, 4) is 0 Å². The standard InChI is InChI=1S/C25H28O7/c1-3-25(18-28-14-20-10-6-4-7-11-20)24(30-15-21-12-8-5-9-13-21)22(16-31-25)32-23(27)17-29-19(2)26/h3-13,22,24H,1,14-18H2,2H3/t22-,24+,25-/m1/s1. The van der Waals surface area contributed by atoms with Crippen LogP contribution in [0.5, 0.6) is 0 Å². The first-order chi connectivity index (χ1) is 15.5. The highest BCUT2D eigenvalue weighted by atomic mass is 16.6. The normalized spacial score (nSPS) is 22.3. The second-order valence-corrected chi connectivity index (χ2v) is 7.47. The van der Waals surface area contributed by atoms with Crippen molar-refractivity contribution in [2.24, 2.45) is 0 Å². The molecular formula is C25H28O7. The molecule has 0 N–H and O–H groups in total. The topological polar surface area (TPSA) is 80.3 Å². The summed E-state index contributed by atoms with van der Waals surface area (Å²) < 4.78 is 28.4. The van der Waals surface area contributed by atoms with Crippen LogP contribution in [0.3, 0.4) is 0 Å². The highest BCUT2D eigenvalue weighted by Crippen LogP contribution is 2.33.